The third-order valence-electron chi connectivity index (χ3n) is 4.29. The molecule has 4 N–H and O–H groups in total. The second kappa shape index (κ2) is 6.58. The smallest absolute Gasteiger partial charge is 0.141 e. The molecule has 0 aliphatic carbocycles. The number of nitrogens with zero attached hydrogens (tertiary/aromatic N) is 3. The summed E-state index contributed by atoms with van der Waals surface area (Å²) in [5.74, 6) is 0. The number of aromatic amines is 1. The first-order valence-corrected chi connectivity index (χ1v) is 7.62. The van der Waals surface area contributed by atoms with Gasteiger partial charge >= 0.3 is 0 Å². The Labute approximate surface area is 134 Å². The van der Waals surface area contributed by atoms with E-state index in [4.69, 9.17) is 10.7 Å². The highest BCUT2D eigenvalue weighted by molar-refractivity contribution is 6.11. The Morgan fingerprint density at radius 3 is 3.00 bits per heavy atom. The Morgan fingerprint density at radius 2 is 2.26 bits per heavy atom. The molecule has 0 amide bonds. The molecule has 2 aromatic rings. The zero-order valence-electron chi connectivity index (χ0n) is 12.8. The van der Waals surface area contributed by atoms with Gasteiger partial charge in [-0.3, -0.25) is 0 Å². The van der Waals surface area contributed by atoms with Crippen LogP contribution in [0.2, 0.25) is 0 Å². The van der Waals surface area contributed by atoms with Crippen molar-refractivity contribution in [2.45, 2.75) is 24.8 Å². The van der Waals surface area contributed by atoms with Crippen LogP contribution >= 0.6 is 0 Å². The number of H-pyrrole nitrogens is 1. The fourth-order valence-corrected chi connectivity index (χ4v) is 2.94. The summed E-state index contributed by atoms with van der Waals surface area (Å²) in [6, 6.07) is 4.18. The number of fused-ring (bicyclic) bond motifs is 1. The van der Waals surface area contributed by atoms with E-state index in [0.717, 1.165) is 37.0 Å². The van der Waals surface area contributed by atoms with Crippen molar-refractivity contribution in [3.8, 4) is 6.07 Å². The van der Waals surface area contributed by atoms with Gasteiger partial charge in [-0.2, -0.15) is 5.26 Å². The molecule has 7 nitrogen and oxygen atoms in total. The van der Waals surface area contributed by atoms with E-state index in [1.165, 1.54) is 12.5 Å². The second-order valence-electron chi connectivity index (χ2n) is 5.72. The van der Waals surface area contributed by atoms with Gasteiger partial charge in [0.25, 0.3) is 0 Å². The summed E-state index contributed by atoms with van der Waals surface area (Å²) in [6.07, 6.45) is 8.59. The van der Waals surface area contributed by atoms with Crippen molar-refractivity contribution in [1.29, 1.82) is 10.7 Å². The molecule has 1 aliphatic rings. The predicted octanol–water partition coefficient (Wildman–Crippen LogP) is 1.57. The number of piperidine rings is 1. The molecule has 7 heteroatoms. The van der Waals surface area contributed by atoms with E-state index in [9.17, 15) is 0 Å². The monoisotopic (exact) mass is 309 g/mol. The molecule has 0 bridgehead atoms. The minimum atomic E-state index is -0.238. The lowest BCUT2D eigenvalue weighted by Gasteiger charge is -2.36. The van der Waals surface area contributed by atoms with Crippen LogP contribution in [0.5, 0.6) is 0 Å². The van der Waals surface area contributed by atoms with Gasteiger partial charge in [0.15, 0.2) is 0 Å². The van der Waals surface area contributed by atoms with Gasteiger partial charge in [0.1, 0.15) is 12.0 Å². The summed E-state index contributed by atoms with van der Waals surface area (Å²) < 4.78 is 0. The van der Waals surface area contributed by atoms with Crippen LogP contribution in [0.15, 0.2) is 24.8 Å². The summed E-state index contributed by atoms with van der Waals surface area (Å²) in [4.78, 5) is 11.5. The molecule has 1 saturated heterocycles. The molecule has 2 aromatic heterocycles. The molecular weight excluding hydrogens is 290 g/mol. The lowest BCUT2D eigenvalue weighted by atomic mass is 9.85. The van der Waals surface area contributed by atoms with Crippen LogP contribution in [-0.2, 0) is 0 Å². The van der Waals surface area contributed by atoms with Crippen LogP contribution in [0.1, 0.15) is 25.0 Å². The average molecular weight is 309 g/mol. The number of rotatable bonds is 5. The van der Waals surface area contributed by atoms with Gasteiger partial charge < -0.3 is 21.0 Å². The van der Waals surface area contributed by atoms with Crippen molar-refractivity contribution >= 4 is 22.8 Å². The van der Waals surface area contributed by atoms with Gasteiger partial charge in [-0.25, -0.2) is 9.97 Å². The molecule has 0 radical (unpaired) electrons. The van der Waals surface area contributed by atoms with E-state index in [1.807, 2.05) is 18.5 Å². The van der Waals surface area contributed by atoms with E-state index in [-0.39, 0.29) is 5.54 Å². The molecule has 0 aromatic carbocycles. The Morgan fingerprint density at radius 1 is 1.43 bits per heavy atom. The van der Waals surface area contributed by atoms with Gasteiger partial charge in [-0.1, -0.05) is 0 Å². The topological polar surface area (TPSA) is 113 Å². The van der Waals surface area contributed by atoms with E-state index in [2.05, 4.69) is 31.7 Å². The SMILES string of the molecule is N#CCC1(N/C=C(\C=N)c2ncnc3[nH]ccc23)CCNCC1. The first kappa shape index (κ1) is 15.2. The number of aromatic nitrogens is 3. The highest BCUT2D eigenvalue weighted by Gasteiger charge is 2.30. The Hall–Kier alpha value is -2.72. The number of allylic oxidation sites excluding steroid dienone is 1. The number of nitriles is 1. The van der Waals surface area contributed by atoms with Crippen molar-refractivity contribution < 1.29 is 0 Å². The lowest BCUT2D eigenvalue weighted by molar-refractivity contribution is 0.274. The van der Waals surface area contributed by atoms with Crippen molar-refractivity contribution in [1.82, 2.24) is 25.6 Å². The maximum absolute atomic E-state index is 9.14. The second-order valence-corrected chi connectivity index (χ2v) is 5.72. The molecular formula is C16H19N7. The molecule has 1 fully saturated rings. The van der Waals surface area contributed by atoms with Gasteiger partial charge in [-0.15, -0.1) is 0 Å². The fourth-order valence-electron chi connectivity index (χ4n) is 2.94. The molecule has 0 saturated carbocycles. The maximum atomic E-state index is 9.14. The van der Waals surface area contributed by atoms with Gasteiger partial charge in [0.2, 0.25) is 0 Å². The minimum absolute atomic E-state index is 0.238. The summed E-state index contributed by atoms with van der Waals surface area (Å²) >= 11 is 0. The Kier molecular flexibility index (Phi) is 4.35. The van der Waals surface area contributed by atoms with Crippen LogP contribution in [-0.4, -0.2) is 39.8 Å². The van der Waals surface area contributed by atoms with E-state index < -0.39 is 0 Å². The molecule has 3 rings (SSSR count). The molecule has 1 aliphatic heterocycles. The molecule has 0 unspecified atom stereocenters. The van der Waals surface area contributed by atoms with E-state index >= 15 is 0 Å². The predicted molar refractivity (Wildman–Crippen MR) is 88.8 cm³/mol. The molecule has 0 spiro atoms. The van der Waals surface area contributed by atoms with Crippen molar-refractivity contribution in [3.05, 3.63) is 30.5 Å². The summed E-state index contributed by atoms with van der Waals surface area (Å²) in [6.45, 7) is 1.77. The quantitative estimate of drug-likeness (QED) is 0.626. The van der Waals surface area contributed by atoms with Gasteiger partial charge in [0.05, 0.1) is 23.7 Å². The van der Waals surface area contributed by atoms with Crippen LogP contribution in [0.25, 0.3) is 16.6 Å². The third kappa shape index (κ3) is 3.07. The van der Waals surface area contributed by atoms with Crippen LogP contribution in [0.4, 0.5) is 0 Å². The van der Waals surface area contributed by atoms with E-state index in [1.54, 1.807) is 0 Å². The molecule has 118 valence electrons. The van der Waals surface area contributed by atoms with Crippen molar-refractivity contribution in [3.63, 3.8) is 0 Å². The largest absolute Gasteiger partial charge is 0.384 e. The third-order valence-corrected chi connectivity index (χ3v) is 4.29. The van der Waals surface area contributed by atoms with Crippen LogP contribution in [0, 0.1) is 16.7 Å². The fraction of sp³-hybridized carbons (Fsp3) is 0.375. The van der Waals surface area contributed by atoms with Crippen LogP contribution < -0.4 is 10.6 Å². The molecule has 23 heavy (non-hydrogen) atoms. The van der Waals surface area contributed by atoms with Gasteiger partial charge in [0, 0.05) is 29.6 Å². The molecule has 3 heterocycles. The first-order chi connectivity index (χ1) is 11.3. The number of nitrogens with one attached hydrogen (secondary N) is 4. The standard InChI is InChI=1S/C16H19N7/c17-5-2-16(3-7-19-8-4-16)23-10-12(9-18)14-13-1-6-20-15(13)22-11-21-14/h1,6,9-11,18-19,23H,2-4,7-8H2,(H,20,21,22)/b12-10+,18-9?. The van der Waals surface area contributed by atoms with E-state index in [0.29, 0.717) is 17.7 Å². The average Bonchev–Trinajstić information content (AvgIpc) is 3.06. The van der Waals surface area contributed by atoms with Gasteiger partial charge in [-0.05, 0) is 32.0 Å². The summed E-state index contributed by atoms with van der Waals surface area (Å²) in [5, 5.41) is 24.4. The van der Waals surface area contributed by atoms with Crippen molar-refractivity contribution in [2.75, 3.05) is 13.1 Å². The first-order valence-electron chi connectivity index (χ1n) is 7.62. The number of hydrogen-bond acceptors (Lipinski definition) is 6. The zero-order valence-corrected chi connectivity index (χ0v) is 12.8. The highest BCUT2D eigenvalue weighted by atomic mass is 15.0. The summed E-state index contributed by atoms with van der Waals surface area (Å²) in [7, 11) is 0. The lowest BCUT2D eigenvalue weighted by Crippen LogP contribution is -2.50. The molecule has 0 atom stereocenters. The van der Waals surface area contributed by atoms with Crippen LogP contribution in [0.3, 0.4) is 0 Å². The maximum Gasteiger partial charge on any atom is 0.141 e. The Bertz CT molecular complexity index is 762. The highest BCUT2D eigenvalue weighted by Crippen LogP contribution is 2.24. The zero-order chi connectivity index (χ0) is 16.1. The van der Waals surface area contributed by atoms with Crippen molar-refractivity contribution in [2.24, 2.45) is 0 Å². The number of hydrogen-bond donors (Lipinski definition) is 4. The normalized spacial score (nSPS) is 17.6. The minimum Gasteiger partial charge on any atom is -0.384 e. The Balaban J connectivity index is 1.91. The summed E-state index contributed by atoms with van der Waals surface area (Å²) in [5.41, 5.74) is 1.89.